The van der Waals surface area contributed by atoms with Crippen molar-refractivity contribution >= 4 is 0 Å². The Kier molecular flexibility index (Phi) is 2.83. The first kappa shape index (κ1) is 8.47. The molecular formula is C9H14FN. The highest BCUT2D eigenvalue weighted by Crippen LogP contribution is 2.18. The molecule has 2 unspecified atom stereocenters. The Hall–Kier alpha value is -0.630. The van der Waals surface area contributed by atoms with Gasteiger partial charge in [0.15, 0.2) is 6.30 Å². The molecule has 0 saturated heterocycles. The van der Waals surface area contributed by atoms with Crippen LogP contribution >= 0.6 is 0 Å². The van der Waals surface area contributed by atoms with E-state index >= 15 is 0 Å². The van der Waals surface area contributed by atoms with Gasteiger partial charge in [0.05, 0.1) is 0 Å². The van der Waals surface area contributed by atoms with Gasteiger partial charge in [0, 0.05) is 6.42 Å². The van der Waals surface area contributed by atoms with Gasteiger partial charge in [-0.25, -0.2) is 4.39 Å². The summed E-state index contributed by atoms with van der Waals surface area (Å²) in [6, 6.07) is 0. The monoisotopic (exact) mass is 155 g/mol. The van der Waals surface area contributed by atoms with E-state index in [0.717, 1.165) is 12.0 Å². The summed E-state index contributed by atoms with van der Waals surface area (Å²) in [5, 5.41) is 0. The molecule has 0 saturated carbocycles. The van der Waals surface area contributed by atoms with Crippen molar-refractivity contribution in [3.63, 3.8) is 0 Å². The molecule has 0 amide bonds. The second kappa shape index (κ2) is 3.67. The van der Waals surface area contributed by atoms with E-state index in [1.54, 1.807) is 0 Å². The van der Waals surface area contributed by atoms with Crippen LogP contribution in [-0.2, 0) is 0 Å². The lowest BCUT2D eigenvalue weighted by Gasteiger charge is -2.11. The lowest BCUT2D eigenvalue weighted by molar-refractivity contribution is 0.343. The quantitative estimate of drug-likeness (QED) is 0.607. The Morgan fingerprint density at radius 2 is 2.55 bits per heavy atom. The van der Waals surface area contributed by atoms with Crippen molar-refractivity contribution in [3.8, 4) is 0 Å². The predicted octanol–water partition coefficient (Wildman–Crippen LogP) is 2.15. The van der Waals surface area contributed by atoms with Crippen LogP contribution in [0.25, 0.3) is 0 Å². The van der Waals surface area contributed by atoms with Gasteiger partial charge in [-0.1, -0.05) is 25.2 Å². The third-order valence-electron chi connectivity index (χ3n) is 1.82. The lowest BCUT2D eigenvalue weighted by atomic mass is 9.97. The van der Waals surface area contributed by atoms with Gasteiger partial charge in [0.25, 0.3) is 0 Å². The molecule has 2 atom stereocenters. The fourth-order valence-electron chi connectivity index (χ4n) is 1.15. The number of allylic oxidation sites excluding steroid dienone is 3. The van der Waals surface area contributed by atoms with Gasteiger partial charge in [-0.3, -0.25) is 0 Å². The summed E-state index contributed by atoms with van der Waals surface area (Å²) < 4.78 is 12.3. The van der Waals surface area contributed by atoms with Crippen molar-refractivity contribution < 1.29 is 4.39 Å². The normalized spacial score (nSPS) is 26.5. The Labute approximate surface area is 66.8 Å². The van der Waals surface area contributed by atoms with Gasteiger partial charge in [-0.05, 0) is 17.9 Å². The number of alkyl halides is 1. The first-order chi connectivity index (χ1) is 5.18. The molecule has 0 aromatic carbocycles. The van der Waals surface area contributed by atoms with Crippen LogP contribution in [0, 0.1) is 5.92 Å². The molecule has 0 fully saturated rings. The molecule has 1 aliphatic rings. The predicted molar refractivity (Wildman–Crippen MR) is 44.7 cm³/mol. The average molecular weight is 155 g/mol. The summed E-state index contributed by atoms with van der Waals surface area (Å²) in [6.45, 7) is 2.14. The highest BCUT2D eigenvalue weighted by Gasteiger charge is 2.06. The summed E-state index contributed by atoms with van der Waals surface area (Å²) in [5.74, 6) is 0.592. The third kappa shape index (κ3) is 2.85. The van der Waals surface area contributed by atoms with Crippen molar-refractivity contribution in [2.45, 2.75) is 26.1 Å². The maximum Gasteiger partial charge on any atom is 0.152 e. The minimum Gasteiger partial charge on any atom is -0.301 e. The Morgan fingerprint density at radius 3 is 3.00 bits per heavy atom. The fourth-order valence-corrected chi connectivity index (χ4v) is 1.15. The smallest absolute Gasteiger partial charge is 0.152 e. The van der Waals surface area contributed by atoms with Gasteiger partial charge >= 0.3 is 0 Å². The molecule has 2 heteroatoms. The molecule has 0 aromatic rings. The molecule has 0 spiro atoms. The maximum absolute atomic E-state index is 12.3. The second-order valence-electron chi connectivity index (χ2n) is 3.07. The van der Waals surface area contributed by atoms with Crippen molar-refractivity contribution in [3.05, 3.63) is 23.8 Å². The summed E-state index contributed by atoms with van der Waals surface area (Å²) >= 11 is 0. The van der Waals surface area contributed by atoms with Crippen LogP contribution in [-0.4, -0.2) is 6.30 Å². The molecular weight excluding hydrogens is 141 g/mol. The standard InChI is InChI=1S/C9H14FN/c1-7-2-4-8(5-3-7)6-9(10)11/h2,4-5,7,9H,3,6,11H2,1H3. The van der Waals surface area contributed by atoms with E-state index in [4.69, 9.17) is 5.73 Å². The van der Waals surface area contributed by atoms with Gasteiger partial charge in [-0.15, -0.1) is 0 Å². The van der Waals surface area contributed by atoms with Gasteiger partial charge < -0.3 is 5.73 Å². The van der Waals surface area contributed by atoms with E-state index in [9.17, 15) is 4.39 Å². The van der Waals surface area contributed by atoms with E-state index in [-0.39, 0.29) is 0 Å². The van der Waals surface area contributed by atoms with Crippen LogP contribution in [0.3, 0.4) is 0 Å². The van der Waals surface area contributed by atoms with E-state index < -0.39 is 6.30 Å². The van der Waals surface area contributed by atoms with Gasteiger partial charge in [-0.2, -0.15) is 0 Å². The van der Waals surface area contributed by atoms with Crippen LogP contribution < -0.4 is 5.73 Å². The number of halogens is 1. The third-order valence-corrected chi connectivity index (χ3v) is 1.82. The Balaban J connectivity index is 2.43. The van der Waals surface area contributed by atoms with Crippen molar-refractivity contribution in [2.24, 2.45) is 11.7 Å². The van der Waals surface area contributed by atoms with E-state index in [1.165, 1.54) is 0 Å². The topological polar surface area (TPSA) is 26.0 Å². The Morgan fingerprint density at radius 1 is 1.82 bits per heavy atom. The molecule has 1 rings (SSSR count). The molecule has 62 valence electrons. The zero-order valence-corrected chi connectivity index (χ0v) is 6.76. The molecule has 11 heavy (non-hydrogen) atoms. The Bertz CT molecular complexity index is 182. The molecule has 0 bridgehead atoms. The number of nitrogens with two attached hydrogens (primary N) is 1. The summed E-state index contributed by atoms with van der Waals surface area (Å²) in [4.78, 5) is 0. The lowest BCUT2D eigenvalue weighted by Crippen LogP contribution is -2.13. The van der Waals surface area contributed by atoms with Crippen molar-refractivity contribution in [1.82, 2.24) is 0 Å². The maximum atomic E-state index is 12.3. The average Bonchev–Trinajstić information content (AvgIpc) is 1.93. The largest absolute Gasteiger partial charge is 0.301 e. The minimum atomic E-state index is -1.21. The van der Waals surface area contributed by atoms with E-state index in [1.807, 2.05) is 6.08 Å². The van der Waals surface area contributed by atoms with Gasteiger partial charge in [0.2, 0.25) is 0 Å². The molecule has 0 radical (unpaired) electrons. The number of rotatable bonds is 2. The zero-order chi connectivity index (χ0) is 8.27. The zero-order valence-electron chi connectivity index (χ0n) is 6.76. The fraction of sp³-hybridized carbons (Fsp3) is 0.556. The van der Waals surface area contributed by atoms with Crippen LogP contribution in [0.4, 0.5) is 4.39 Å². The number of hydrogen-bond acceptors (Lipinski definition) is 1. The molecule has 0 aromatic heterocycles. The van der Waals surface area contributed by atoms with Crippen LogP contribution in [0.2, 0.25) is 0 Å². The number of hydrogen-bond donors (Lipinski definition) is 1. The van der Waals surface area contributed by atoms with Crippen molar-refractivity contribution in [2.75, 3.05) is 0 Å². The summed E-state index contributed by atoms with van der Waals surface area (Å²) in [6.07, 6.45) is 6.27. The first-order valence-electron chi connectivity index (χ1n) is 3.95. The van der Waals surface area contributed by atoms with Crippen LogP contribution in [0.15, 0.2) is 23.8 Å². The van der Waals surface area contributed by atoms with Crippen molar-refractivity contribution in [1.29, 1.82) is 0 Å². The highest BCUT2D eigenvalue weighted by molar-refractivity contribution is 5.23. The molecule has 0 aliphatic heterocycles. The summed E-state index contributed by atoms with van der Waals surface area (Å²) in [7, 11) is 0. The molecule has 1 aliphatic carbocycles. The van der Waals surface area contributed by atoms with Gasteiger partial charge in [0.1, 0.15) is 0 Å². The molecule has 0 heterocycles. The molecule has 1 nitrogen and oxygen atoms in total. The molecule has 2 N–H and O–H groups in total. The second-order valence-corrected chi connectivity index (χ2v) is 3.07. The van der Waals surface area contributed by atoms with E-state index in [2.05, 4.69) is 19.1 Å². The van der Waals surface area contributed by atoms with Crippen LogP contribution in [0.1, 0.15) is 19.8 Å². The van der Waals surface area contributed by atoms with E-state index in [0.29, 0.717) is 12.3 Å². The first-order valence-corrected chi connectivity index (χ1v) is 3.95. The SMILES string of the molecule is CC1C=CC(CC(N)F)=CC1. The van der Waals surface area contributed by atoms with Crippen LogP contribution in [0.5, 0.6) is 0 Å². The summed E-state index contributed by atoms with van der Waals surface area (Å²) in [5.41, 5.74) is 6.04. The minimum absolute atomic E-state index is 0.350. The highest BCUT2D eigenvalue weighted by atomic mass is 19.1.